The minimum atomic E-state index is -0.642. The molecule has 0 saturated heterocycles. The molecular weight excluding hydrogens is 292 g/mol. The Morgan fingerprint density at radius 2 is 1.89 bits per heavy atom. The fraction of sp³-hybridized carbons (Fsp3) is 0.200. The molecule has 0 fully saturated rings. The topological polar surface area (TPSA) is 29.5 Å². The van der Waals surface area contributed by atoms with E-state index in [1.807, 2.05) is 49.4 Å². The van der Waals surface area contributed by atoms with Gasteiger partial charge in [0.1, 0.15) is 11.9 Å². The molecule has 0 amide bonds. The Hall–Kier alpha value is -1.32. The predicted octanol–water partition coefficient (Wildman–Crippen LogP) is 3.85. The van der Waals surface area contributed by atoms with Gasteiger partial charge in [-0.2, -0.15) is 0 Å². The normalized spacial score (nSPS) is 12.2. The molecule has 18 heavy (non-hydrogen) atoms. The first-order chi connectivity index (χ1) is 8.60. The number of methoxy groups -OCH3 is 1. The summed E-state index contributed by atoms with van der Waals surface area (Å²) in [4.78, 5) is 0. The molecule has 0 aliphatic carbocycles. The Morgan fingerprint density at radius 1 is 1.11 bits per heavy atom. The quantitative estimate of drug-likeness (QED) is 0.933. The van der Waals surface area contributed by atoms with E-state index in [0.717, 1.165) is 26.9 Å². The minimum Gasteiger partial charge on any atom is -0.497 e. The Bertz CT molecular complexity index is 532. The lowest BCUT2D eigenvalue weighted by molar-refractivity contribution is 0.219. The molecule has 2 aromatic rings. The maximum atomic E-state index is 10.4. The van der Waals surface area contributed by atoms with E-state index in [0.29, 0.717) is 0 Å². The lowest BCUT2D eigenvalue weighted by Crippen LogP contribution is -2.00. The summed E-state index contributed by atoms with van der Waals surface area (Å²) >= 11 is 3.45. The first kappa shape index (κ1) is 13.1. The van der Waals surface area contributed by atoms with Crippen molar-refractivity contribution in [2.24, 2.45) is 0 Å². The number of hydrogen-bond acceptors (Lipinski definition) is 2. The van der Waals surface area contributed by atoms with Crippen molar-refractivity contribution in [3.8, 4) is 5.75 Å². The first-order valence-electron chi connectivity index (χ1n) is 5.69. The van der Waals surface area contributed by atoms with Gasteiger partial charge in [0.25, 0.3) is 0 Å². The zero-order chi connectivity index (χ0) is 13.1. The van der Waals surface area contributed by atoms with Gasteiger partial charge in [-0.05, 0) is 47.9 Å². The number of rotatable bonds is 3. The Kier molecular flexibility index (Phi) is 4.04. The Morgan fingerprint density at radius 3 is 2.56 bits per heavy atom. The molecule has 1 atom stereocenters. The largest absolute Gasteiger partial charge is 0.497 e. The van der Waals surface area contributed by atoms with Crippen molar-refractivity contribution in [3.63, 3.8) is 0 Å². The summed E-state index contributed by atoms with van der Waals surface area (Å²) < 4.78 is 6.14. The monoisotopic (exact) mass is 306 g/mol. The highest BCUT2D eigenvalue weighted by molar-refractivity contribution is 9.10. The number of halogens is 1. The number of benzene rings is 2. The first-order valence-corrected chi connectivity index (χ1v) is 6.48. The van der Waals surface area contributed by atoms with E-state index in [2.05, 4.69) is 15.9 Å². The summed E-state index contributed by atoms with van der Waals surface area (Å²) in [5.74, 6) is 0.748. The van der Waals surface area contributed by atoms with Gasteiger partial charge < -0.3 is 9.84 Å². The number of hydrogen-bond donors (Lipinski definition) is 1. The molecule has 0 radical (unpaired) electrons. The third-order valence-electron chi connectivity index (χ3n) is 2.79. The van der Waals surface area contributed by atoms with Crippen molar-refractivity contribution >= 4 is 15.9 Å². The van der Waals surface area contributed by atoms with Crippen molar-refractivity contribution in [2.45, 2.75) is 13.0 Å². The molecule has 0 aromatic heterocycles. The smallest absolute Gasteiger partial charge is 0.119 e. The lowest BCUT2D eigenvalue weighted by Gasteiger charge is -2.13. The van der Waals surface area contributed by atoms with Crippen LogP contribution < -0.4 is 4.74 Å². The third kappa shape index (κ3) is 2.92. The molecule has 0 heterocycles. The molecule has 2 rings (SSSR count). The van der Waals surface area contributed by atoms with Gasteiger partial charge in [0.2, 0.25) is 0 Å². The van der Waals surface area contributed by atoms with Gasteiger partial charge in [-0.25, -0.2) is 0 Å². The zero-order valence-electron chi connectivity index (χ0n) is 10.4. The van der Waals surface area contributed by atoms with Gasteiger partial charge >= 0.3 is 0 Å². The molecule has 94 valence electrons. The van der Waals surface area contributed by atoms with Gasteiger partial charge in [-0.1, -0.05) is 34.1 Å². The highest BCUT2D eigenvalue weighted by Gasteiger charge is 2.12. The zero-order valence-corrected chi connectivity index (χ0v) is 11.9. The molecule has 0 saturated carbocycles. The molecule has 2 aromatic carbocycles. The van der Waals surface area contributed by atoms with Crippen LogP contribution in [0.3, 0.4) is 0 Å². The molecule has 1 unspecified atom stereocenters. The Balaban J connectivity index is 2.37. The molecule has 0 aliphatic heterocycles. The van der Waals surface area contributed by atoms with Gasteiger partial charge in [-0.3, -0.25) is 0 Å². The van der Waals surface area contributed by atoms with E-state index in [1.54, 1.807) is 7.11 Å². The highest BCUT2D eigenvalue weighted by atomic mass is 79.9. The number of aliphatic hydroxyl groups excluding tert-OH is 1. The third-order valence-corrected chi connectivity index (χ3v) is 3.25. The van der Waals surface area contributed by atoms with E-state index in [9.17, 15) is 5.11 Å². The van der Waals surface area contributed by atoms with Crippen molar-refractivity contribution < 1.29 is 9.84 Å². The van der Waals surface area contributed by atoms with Gasteiger partial charge in [0.15, 0.2) is 0 Å². The van der Waals surface area contributed by atoms with E-state index in [-0.39, 0.29) is 0 Å². The number of aliphatic hydroxyl groups is 1. The summed E-state index contributed by atoms with van der Waals surface area (Å²) in [5, 5.41) is 10.4. The van der Waals surface area contributed by atoms with E-state index in [4.69, 9.17) is 4.74 Å². The average Bonchev–Trinajstić information content (AvgIpc) is 2.37. The second kappa shape index (κ2) is 5.55. The van der Waals surface area contributed by atoms with Crippen LogP contribution in [0.15, 0.2) is 46.9 Å². The second-order valence-electron chi connectivity index (χ2n) is 4.24. The second-order valence-corrected chi connectivity index (χ2v) is 5.16. The van der Waals surface area contributed by atoms with Gasteiger partial charge in [0, 0.05) is 4.47 Å². The van der Waals surface area contributed by atoms with Crippen LogP contribution in [0.4, 0.5) is 0 Å². The molecule has 0 bridgehead atoms. The molecule has 3 heteroatoms. The van der Waals surface area contributed by atoms with Crippen LogP contribution in [-0.2, 0) is 0 Å². The van der Waals surface area contributed by atoms with Crippen LogP contribution in [0.2, 0.25) is 0 Å². The van der Waals surface area contributed by atoms with Crippen LogP contribution in [0.5, 0.6) is 5.75 Å². The van der Waals surface area contributed by atoms with Crippen molar-refractivity contribution in [1.82, 2.24) is 0 Å². The number of ether oxygens (including phenoxy) is 1. The summed E-state index contributed by atoms with van der Waals surface area (Å²) in [6.45, 7) is 2.01. The summed E-state index contributed by atoms with van der Waals surface area (Å²) in [7, 11) is 1.62. The van der Waals surface area contributed by atoms with Crippen LogP contribution in [0, 0.1) is 6.92 Å². The van der Waals surface area contributed by atoms with Crippen molar-refractivity contribution in [1.29, 1.82) is 0 Å². The maximum Gasteiger partial charge on any atom is 0.119 e. The molecule has 1 N–H and O–H groups in total. The average molecular weight is 307 g/mol. The molecule has 2 nitrogen and oxygen atoms in total. The van der Waals surface area contributed by atoms with Crippen molar-refractivity contribution in [3.05, 3.63) is 63.6 Å². The fourth-order valence-corrected chi connectivity index (χ4v) is 2.55. The maximum absolute atomic E-state index is 10.4. The van der Waals surface area contributed by atoms with E-state index in [1.165, 1.54) is 0 Å². The highest BCUT2D eigenvalue weighted by Crippen LogP contribution is 2.27. The molecule has 0 aliphatic rings. The van der Waals surface area contributed by atoms with Crippen LogP contribution in [0.25, 0.3) is 0 Å². The lowest BCUT2D eigenvalue weighted by atomic mass is 10.00. The fourth-order valence-electron chi connectivity index (χ4n) is 1.93. The molecule has 0 spiro atoms. The van der Waals surface area contributed by atoms with Gasteiger partial charge in [0.05, 0.1) is 7.11 Å². The predicted molar refractivity (Wildman–Crippen MR) is 75.9 cm³/mol. The van der Waals surface area contributed by atoms with Crippen LogP contribution in [0.1, 0.15) is 22.8 Å². The summed E-state index contributed by atoms with van der Waals surface area (Å²) in [6, 6.07) is 13.4. The van der Waals surface area contributed by atoms with E-state index < -0.39 is 6.10 Å². The van der Waals surface area contributed by atoms with E-state index >= 15 is 0 Å². The van der Waals surface area contributed by atoms with Crippen LogP contribution >= 0.6 is 15.9 Å². The molecular formula is C15H15BrO2. The summed E-state index contributed by atoms with van der Waals surface area (Å²) in [5.41, 5.74) is 2.81. The standard InChI is InChI=1S/C15H15BrO2/c1-10-6-12(8-13(16)7-10)15(17)11-4-3-5-14(9-11)18-2/h3-9,15,17H,1-2H3. The minimum absolute atomic E-state index is 0.642. The van der Waals surface area contributed by atoms with Gasteiger partial charge in [-0.15, -0.1) is 0 Å². The van der Waals surface area contributed by atoms with Crippen molar-refractivity contribution in [2.75, 3.05) is 7.11 Å². The van der Waals surface area contributed by atoms with Crippen LogP contribution in [-0.4, -0.2) is 12.2 Å². The number of aryl methyl sites for hydroxylation is 1. The SMILES string of the molecule is COc1cccc(C(O)c2cc(C)cc(Br)c2)c1. The Labute approximate surface area is 115 Å². The summed E-state index contributed by atoms with van der Waals surface area (Å²) in [6.07, 6.45) is -0.642.